The summed E-state index contributed by atoms with van der Waals surface area (Å²) in [6.45, 7) is 1.95. The van der Waals surface area contributed by atoms with Crippen LogP contribution in [0.3, 0.4) is 0 Å². The SMILES string of the molecule is COc1ccc(COC(=O)[C@@H]2CS[C@]3(C)CCC(=O)N23)cc1F. The van der Waals surface area contributed by atoms with E-state index in [-0.39, 0.29) is 23.1 Å². The molecular weight excluding hydrogens is 321 g/mol. The monoisotopic (exact) mass is 339 g/mol. The van der Waals surface area contributed by atoms with E-state index in [1.54, 1.807) is 22.7 Å². The van der Waals surface area contributed by atoms with Crippen LogP contribution in [0.5, 0.6) is 5.75 Å². The largest absolute Gasteiger partial charge is 0.494 e. The van der Waals surface area contributed by atoms with Gasteiger partial charge in [0.2, 0.25) is 5.91 Å². The number of carbonyl (C=O) groups excluding carboxylic acids is 2. The van der Waals surface area contributed by atoms with Crippen LogP contribution in [0.1, 0.15) is 25.3 Å². The summed E-state index contributed by atoms with van der Waals surface area (Å²) in [4.78, 5) is 25.7. The van der Waals surface area contributed by atoms with Crippen molar-refractivity contribution in [2.45, 2.75) is 37.3 Å². The second-order valence-corrected chi connectivity index (χ2v) is 7.34. The number of nitrogens with zero attached hydrogens (tertiary/aromatic N) is 1. The van der Waals surface area contributed by atoms with Gasteiger partial charge in [-0.05, 0) is 31.0 Å². The molecule has 0 saturated carbocycles. The Kier molecular flexibility index (Phi) is 4.23. The first-order chi connectivity index (χ1) is 10.9. The van der Waals surface area contributed by atoms with Crippen molar-refractivity contribution in [3.05, 3.63) is 29.6 Å². The van der Waals surface area contributed by atoms with E-state index >= 15 is 0 Å². The molecule has 0 spiro atoms. The summed E-state index contributed by atoms with van der Waals surface area (Å²) in [5.41, 5.74) is 0.540. The van der Waals surface area contributed by atoms with Gasteiger partial charge in [-0.2, -0.15) is 0 Å². The van der Waals surface area contributed by atoms with Crippen LogP contribution in [0.2, 0.25) is 0 Å². The van der Waals surface area contributed by atoms with Crippen LogP contribution in [0, 0.1) is 5.82 Å². The fraction of sp³-hybridized carbons (Fsp3) is 0.500. The van der Waals surface area contributed by atoms with Gasteiger partial charge in [-0.15, -0.1) is 11.8 Å². The number of amides is 1. The molecule has 1 aromatic carbocycles. The maximum atomic E-state index is 13.6. The van der Waals surface area contributed by atoms with Gasteiger partial charge in [0.15, 0.2) is 11.6 Å². The fourth-order valence-corrected chi connectivity index (χ4v) is 4.46. The number of benzene rings is 1. The molecule has 0 aliphatic carbocycles. The summed E-state index contributed by atoms with van der Waals surface area (Å²) < 4.78 is 23.8. The maximum absolute atomic E-state index is 13.6. The average molecular weight is 339 g/mol. The minimum absolute atomic E-state index is 0.00468. The minimum Gasteiger partial charge on any atom is -0.494 e. The highest BCUT2D eigenvalue weighted by Crippen LogP contribution is 2.47. The van der Waals surface area contributed by atoms with Gasteiger partial charge in [0, 0.05) is 12.2 Å². The van der Waals surface area contributed by atoms with E-state index in [1.165, 1.54) is 19.2 Å². The Morgan fingerprint density at radius 1 is 1.52 bits per heavy atom. The third-order valence-corrected chi connectivity index (χ3v) is 5.82. The molecule has 1 amide bonds. The zero-order chi connectivity index (χ0) is 16.6. The third-order valence-electron chi connectivity index (χ3n) is 4.31. The van der Waals surface area contributed by atoms with Gasteiger partial charge in [0.05, 0.1) is 12.0 Å². The predicted molar refractivity (Wildman–Crippen MR) is 83.5 cm³/mol. The summed E-state index contributed by atoms with van der Waals surface area (Å²) in [5.74, 6) is -0.258. The van der Waals surface area contributed by atoms with Crippen molar-refractivity contribution in [1.82, 2.24) is 4.90 Å². The molecule has 1 aromatic rings. The van der Waals surface area contributed by atoms with Crippen molar-refractivity contribution in [3.63, 3.8) is 0 Å². The van der Waals surface area contributed by atoms with Crippen LogP contribution in [-0.4, -0.2) is 40.6 Å². The van der Waals surface area contributed by atoms with E-state index in [0.717, 1.165) is 6.42 Å². The predicted octanol–water partition coefficient (Wildman–Crippen LogP) is 2.33. The van der Waals surface area contributed by atoms with Gasteiger partial charge >= 0.3 is 5.97 Å². The third kappa shape index (κ3) is 2.89. The van der Waals surface area contributed by atoms with Crippen LogP contribution in [0.4, 0.5) is 4.39 Å². The van der Waals surface area contributed by atoms with Crippen LogP contribution in [0.25, 0.3) is 0 Å². The molecule has 2 aliphatic rings. The Bertz CT molecular complexity index is 653. The molecule has 2 saturated heterocycles. The van der Waals surface area contributed by atoms with Crippen molar-refractivity contribution in [3.8, 4) is 5.75 Å². The van der Waals surface area contributed by atoms with Crippen molar-refractivity contribution in [2.24, 2.45) is 0 Å². The van der Waals surface area contributed by atoms with Gasteiger partial charge in [0.1, 0.15) is 12.6 Å². The topological polar surface area (TPSA) is 55.8 Å². The zero-order valence-electron chi connectivity index (χ0n) is 13.0. The molecule has 0 N–H and O–H groups in total. The molecule has 2 heterocycles. The number of hydrogen-bond donors (Lipinski definition) is 0. The van der Waals surface area contributed by atoms with Crippen molar-refractivity contribution in [2.75, 3.05) is 12.9 Å². The van der Waals surface area contributed by atoms with Crippen LogP contribution < -0.4 is 4.74 Å². The lowest BCUT2D eigenvalue weighted by Crippen LogP contribution is -2.46. The first-order valence-corrected chi connectivity index (χ1v) is 8.38. The number of carbonyl (C=O) groups is 2. The van der Waals surface area contributed by atoms with Gasteiger partial charge in [-0.1, -0.05) is 6.07 Å². The lowest BCUT2D eigenvalue weighted by atomic mass is 10.2. The first kappa shape index (κ1) is 16.1. The maximum Gasteiger partial charge on any atom is 0.330 e. The Hall–Kier alpha value is -1.76. The number of ether oxygens (including phenoxy) is 2. The quantitative estimate of drug-likeness (QED) is 0.788. The van der Waals surface area contributed by atoms with E-state index in [1.807, 2.05) is 6.92 Å². The second-order valence-electron chi connectivity index (χ2n) is 5.84. The highest BCUT2D eigenvalue weighted by atomic mass is 32.2. The van der Waals surface area contributed by atoms with Gasteiger partial charge in [0.25, 0.3) is 0 Å². The number of halogens is 1. The number of esters is 1. The molecule has 2 fully saturated rings. The lowest BCUT2D eigenvalue weighted by molar-refractivity contribution is -0.154. The van der Waals surface area contributed by atoms with E-state index in [4.69, 9.17) is 9.47 Å². The van der Waals surface area contributed by atoms with E-state index in [9.17, 15) is 14.0 Å². The fourth-order valence-electron chi connectivity index (χ4n) is 3.05. The summed E-state index contributed by atoms with van der Waals surface area (Å²) >= 11 is 1.61. The van der Waals surface area contributed by atoms with Crippen LogP contribution >= 0.6 is 11.8 Å². The number of rotatable bonds is 4. The molecule has 124 valence electrons. The molecule has 0 aromatic heterocycles. The summed E-state index contributed by atoms with van der Waals surface area (Å²) in [5, 5.41) is 0. The number of thioether (sulfide) groups is 1. The zero-order valence-corrected chi connectivity index (χ0v) is 13.8. The standard InChI is InChI=1S/C16H18FNO4S/c1-16-6-5-14(19)18(16)12(9-23-16)15(20)22-8-10-3-4-13(21-2)11(17)7-10/h3-4,7,12H,5-6,8-9H2,1-2H3/t12-,16+/m0/s1. The van der Waals surface area contributed by atoms with Crippen molar-refractivity contribution >= 4 is 23.6 Å². The minimum atomic E-state index is -0.553. The molecule has 2 atom stereocenters. The molecule has 2 aliphatic heterocycles. The first-order valence-electron chi connectivity index (χ1n) is 7.40. The highest BCUT2D eigenvalue weighted by Gasteiger charge is 2.53. The van der Waals surface area contributed by atoms with E-state index < -0.39 is 17.8 Å². The number of fused-ring (bicyclic) bond motifs is 1. The van der Waals surface area contributed by atoms with Crippen molar-refractivity contribution in [1.29, 1.82) is 0 Å². The van der Waals surface area contributed by atoms with E-state index in [0.29, 0.717) is 17.7 Å². The Morgan fingerprint density at radius 2 is 2.30 bits per heavy atom. The van der Waals surface area contributed by atoms with Crippen LogP contribution in [0.15, 0.2) is 18.2 Å². The molecule has 0 unspecified atom stereocenters. The van der Waals surface area contributed by atoms with Gasteiger partial charge < -0.3 is 14.4 Å². The van der Waals surface area contributed by atoms with Crippen molar-refractivity contribution < 1.29 is 23.5 Å². The smallest absolute Gasteiger partial charge is 0.330 e. The Labute approximate surface area is 138 Å². The normalized spacial score (nSPS) is 26.3. The molecule has 23 heavy (non-hydrogen) atoms. The summed E-state index contributed by atoms with van der Waals surface area (Å²) in [7, 11) is 1.39. The molecule has 5 nitrogen and oxygen atoms in total. The second kappa shape index (κ2) is 6.03. The average Bonchev–Trinajstić information content (AvgIpc) is 3.02. The summed E-state index contributed by atoms with van der Waals surface area (Å²) in [6, 6.07) is 3.86. The lowest BCUT2D eigenvalue weighted by Gasteiger charge is -2.29. The van der Waals surface area contributed by atoms with Gasteiger partial charge in [-0.25, -0.2) is 9.18 Å². The Morgan fingerprint density at radius 3 is 3.00 bits per heavy atom. The van der Waals surface area contributed by atoms with E-state index in [2.05, 4.69) is 0 Å². The summed E-state index contributed by atoms with van der Waals surface area (Å²) in [6.07, 6.45) is 1.22. The number of hydrogen-bond acceptors (Lipinski definition) is 5. The highest BCUT2D eigenvalue weighted by molar-refractivity contribution is 8.01. The van der Waals surface area contributed by atoms with Gasteiger partial charge in [-0.3, -0.25) is 4.79 Å². The molecule has 0 radical (unpaired) electrons. The Balaban J connectivity index is 1.64. The molecule has 0 bridgehead atoms. The molecule has 7 heteroatoms. The molecular formula is C16H18FNO4S. The van der Waals surface area contributed by atoms with Crippen LogP contribution in [-0.2, 0) is 20.9 Å². The number of methoxy groups -OCH3 is 1. The molecule has 3 rings (SSSR count).